The maximum atomic E-state index is 6.18. The molecule has 1 saturated heterocycles. The maximum Gasteiger partial charge on any atom is 0.0315 e. The predicted octanol–water partition coefficient (Wildman–Crippen LogP) is 2.61. The maximum absolute atomic E-state index is 6.18. The number of pyridine rings is 1. The average Bonchev–Trinajstić information content (AvgIpc) is 2.31. The Labute approximate surface area is 95.7 Å². The Kier molecular flexibility index (Phi) is 4.03. The van der Waals surface area contributed by atoms with E-state index < -0.39 is 0 Å². The third-order valence-electron chi connectivity index (χ3n) is 3.04. The zero-order chi connectivity index (χ0) is 10.5. The lowest BCUT2D eigenvalue weighted by molar-refractivity contribution is 0.412. The van der Waals surface area contributed by atoms with Crippen LogP contribution in [0.15, 0.2) is 24.5 Å². The molecule has 1 aromatic rings. The molecule has 1 aliphatic heterocycles. The van der Waals surface area contributed by atoms with Gasteiger partial charge in [-0.25, -0.2) is 0 Å². The third-order valence-corrected chi connectivity index (χ3v) is 4.09. The molecule has 2 heterocycles. The first-order chi connectivity index (χ1) is 7.36. The second kappa shape index (κ2) is 5.52. The molecule has 1 aliphatic rings. The number of nitrogens with zero attached hydrogens (tertiary/aromatic N) is 1. The molecule has 1 aromatic heterocycles. The summed E-state index contributed by atoms with van der Waals surface area (Å²) in [7, 11) is 0. The first kappa shape index (κ1) is 11.0. The normalized spacial score (nSPS) is 20.1. The Morgan fingerprint density at radius 2 is 2.27 bits per heavy atom. The Balaban J connectivity index is 1.88. The Bertz CT molecular complexity index is 283. The number of rotatable bonds is 3. The van der Waals surface area contributed by atoms with Gasteiger partial charge in [0.1, 0.15) is 0 Å². The molecule has 2 rings (SSSR count). The molecule has 2 N–H and O–H groups in total. The monoisotopic (exact) mass is 222 g/mol. The first-order valence-electron chi connectivity index (χ1n) is 5.59. The fourth-order valence-electron chi connectivity index (χ4n) is 2.07. The van der Waals surface area contributed by atoms with E-state index in [1.807, 2.05) is 12.3 Å². The molecule has 0 amide bonds. The van der Waals surface area contributed by atoms with Gasteiger partial charge in [0.05, 0.1) is 0 Å². The Morgan fingerprint density at radius 3 is 2.93 bits per heavy atom. The van der Waals surface area contributed by atoms with Crippen molar-refractivity contribution in [3.63, 3.8) is 0 Å². The van der Waals surface area contributed by atoms with E-state index in [1.165, 1.54) is 29.9 Å². The lowest BCUT2D eigenvalue weighted by atomic mass is 9.92. The molecule has 0 bridgehead atoms. The van der Waals surface area contributed by atoms with Crippen molar-refractivity contribution in [1.82, 2.24) is 4.98 Å². The van der Waals surface area contributed by atoms with Crippen LogP contribution in [-0.2, 0) is 0 Å². The van der Waals surface area contributed by atoms with Gasteiger partial charge in [0, 0.05) is 18.4 Å². The summed E-state index contributed by atoms with van der Waals surface area (Å²) in [6, 6.07) is 4.22. The number of aromatic nitrogens is 1. The van der Waals surface area contributed by atoms with Crippen molar-refractivity contribution in [2.75, 3.05) is 11.5 Å². The van der Waals surface area contributed by atoms with Crippen molar-refractivity contribution in [2.45, 2.75) is 25.3 Å². The highest BCUT2D eigenvalue weighted by molar-refractivity contribution is 7.99. The molecule has 82 valence electrons. The standard InChI is InChI=1S/C12H18N2S/c13-12(11-2-1-5-14-9-11)8-10-3-6-15-7-4-10/h1-2,5,9-10,12H,3-4,6-8,13H2. The molecule has 0 spiro atoms. The van der Waals surface area contributed by atoms with Crippen molar-refractivity contribution in [2.24, 2.45) is 11.7 Å². The molecule has 1 fully saturated rings. The molecule has 0 saturated carbocycles. The zero-order valence-electron chi connectivity index (χ0n) is 8.93. The number of nitrogens with two attached hydrogens (primary N) is 1. The van der Waals surface area contributed by atoms with Crippen molar-refractivity contribution in [3.05, 3.63) is 30.1 Å². The molecular weight excluding hydrogens is 204 g/mol. The molecule has 1 unspecified atom stereocenters. The van der Waals surface area contributed by atoms with Crippen LogP contribution in [0, 0.1) is 5.92 Å². The summed E-state index contributed by atoms with van der Waals surface area (Å²) in [5.41, 5.74) is 7.36. The van der Waals surface area contributed by atoms with E-state index >= 15 is 0 Å². The molecule has 2 nitrogen and oxygen atoms in total. The summed E-state index contributed by atoms with van der Waals surface area (Å²) in [4.78, 5) is 4.11. The van der Waals surface area contributed by atoms with Crippen LogP contribution >= 0.6 is 11.8 Å². The van der Waals surface area contributed by atoms with Gasteiger partial charge in [-0.15, -0.1) is 0 Å². The van der Waals surface area contributed by atoms with E-state index in [0.717, 1.165) is 12.3 Å². The minimum atomic E-state index is 0.173. The van der Waals surface area contributed by atoms with E-state index in [2.05, 4.69) is 22.8 Å². The second-order valence-corrected chi connectivity index (χ2v) is 5.41. The zero-order valence-corrected chi connectivity index (χ0v) is 9.75. The van der Waals surface area contributed by atoms with Crippen molar-refractivity contribution >= 4 is 11.8 Å². The van der Waals surface area contributed by atoms with Gasteiger partial charge in [0.25, 0.3) is 0 Å². The summed E-state index contributed by atoms with van der Waals surface area (Å²) >= 11 is 2.07. The molecule has 3 heteroatoms. The quantitative estimate of drug-likeness (QED) is 0.854. The van der Waals surface area contributed by atoms with Gasteiger partial charge < -0.3 is 5.73 Å². The van der Waals surface area contributed by atoms with Gasteiger partial charge in [-0.2, -0.15) is 11.8 Å². The summed E-state index contributed by atoms with van der Waals surface area (Å²) in [5.74, 6) is 3.44. The predicted molar refractivity (Wildman–Crippen MR) is 65.8 cm³/mol. The molecule has 0 aromatic carbocycles. The van der Waals surface area contributed by atoms with Gasteiger partial charge in [-0.3, -0.25) is 4.98 Å². The van der Waals surface area contributed by atoms with E-state index in [9.17, 15) is 0 Å². The van der Waals surface area contributed by atoms with Crippen LogP contribution in [0.4, 0.5) is 0 Å². The van der Waals surface area contributed by atoms with Gasteiger partial charge >= 0.3 is 0 Å². The van der Waals surface area contributed by atoms with Gasteiger partial charge in [0.2, 0.25) is 0 Å². The Hall–Kier alpha value is -0.540. The lowest BCUT2D eigenvalue weighted by Gasteiger charge is -2.24. The van der Waals surface area contributed by atoms with Crippen molar-refractivity contribution in [1.29, 1.82) is 0 Å². The first-order valence-corrected chi connectivity index (χ1v) is 6.75. The summed E-state index contributed by atoms with van der Waals surface area (Å²) in [6.07, 6.45) is 7.47. The molecule has 0 aliphatic carbocycles. The fraction of sp³-hybridized carbons (Fsp3) is 0.583. The van der Waals surface area contributed by atoms with Crippen LogP contribution in [0.3, 0.4) is 0 Å². The number of hydrogen-bond donors (Lipinski definition) is 1. The lowest BCUT2D eigenvalue weighted by Crippen LogP contribution is -2.18. The minimum absolute atomic E-state index is 0.173. The SMILES string of the molecule is NC(CC1CCSCC1)c1cccnc1. The largest absolute Gasteiger partial charge is 0.324 e. The fourth-order valence-corrected chi connectivity index (χ4v) is 3.28. The minimum Gasteiger partial charge on any atom is -0.324 e. The van der Waals surface area contributed by atoms with Crippen LogP contribution < -0.4 is 5.73 Å². The molecular formula is C12H18N2S. The highest BCUT2D eigenvalue weighted by Gasteiger charge is 2.17. The molecule has 1 atom stereocenters. The second-order valence-electron chi connectivity index (χ2n) is 4.18. The van der Waals surface area contributed by atoms with Crippen molar-refractivity contribution < 1.29 is 0 Å². The van der Waals surface area contributed by atoms with Gasteiger partial charge in [0.15, 0.2) is 0 Å². The van der Waals surface area contributed by atoms with E-state index in [-0.39, 0.29) is 6.04 Å². The molecule has 0 radical (unpaired) electrons. The van der Waals surface area contributed by atoms with Crippen LogP contribution in [0.25, 0.3) is 0 Å². The highest BCUT2D eigenvalue weighted by Crippen LogP contribution is 2.29. The van der Waals surface area contributed by atoms with Gasteiger partial charge in [-0.05, 0) is 48.3 Å². The van der Waals surface area contributed by atoms with Crippen LogP contribution in [0.5, 0.6) is 0 Å². The summed E-state index contributed by atoms with van der Waals surface area (Å²) in [6.45, 7) is 0. The number of hydrogen-bond acceptors (Lipinski definition) is 3. The van der Waals surface area contributed by atoms with Gasteiger partial charge in [-0.1, -0.05) is 6.07 Å². The van der Waals surface area contributed by atoms with Crippen LogP contribution in [-0.4, -0.2) is 16.5 Å². The Morgan fingerprint density at radius 1 is 1.47 bits per heavy atom. The average molecular weight is 222 g/mol. The van der Waals surface area contributed by atoms with Crippen LogP contribution in [0.2, 0.25) is 0 Å². The summed E-state index contributed by atoms with van der Waals surface area (Å²) < 4.78 is 0. The number of thioether (sulfide) groups is 1. The smallest absolute Gasteiger partial charge is 0.0315 e. The van der Waals surface area contributed by atoms with E-state index in [1.54, 1.807) is 6.20 Å². The highest BCUT2D eigenvalue weighted by atomic mass is 32.2. The summed E-state index contributed by atoms with van der Waals surface area (Å²) in [5, 5.41) is 0. The van der Waals surface area contributed by atoms with Crippen molar-refractivity contribution in [3.8, 4) is 0 Å². The van der Waals surface area contributed by atoms with Crippen LogP contribution in [0.1, 0.15) is 30.9 Å². The van der Waals surface area contributed by atoms with E-state index in [0.29, 0.717) is 0 Å². The topological polar surface area (TPSA) is 38.9 Å². The third kappa shape index (κ3) is 3.21. The molecule has 15 heavy (non-hydrogen) atoms. The van der Waals surface area contributed by atoms with E-state index in [4.69, 9.17) is 5.73 Å².